The summed E-state index contributed by atoms with van der Waals surface area (Å²) in [6.07, 6.45) is 0.814. The van der Waals surface area contributed by atoms with Crippen molar-refractivity contribution in [1.29, 1.82) is 0 Å². The number of thioether (sulfide) groups is 1. The van der Waals surface area contributed by atoms with E-state index in [1.165, 1.54) is 11.8 Å². The molecule has 0 radical (unpaired) electrons. The first-order valence-corrected chi connectivity index (χ1v) is 7.45. The molecule has 21 heavy (non-hydrogen) atoms. The largest absolute Gasteiger partial charge is 0.298 e. The summed E-state index contributed by atoms with van der Waals surface area (Å²) in [5.74, 6) is 6.83. The van der Waals surface area contributed by atoms with Crippen LogP contribution in [0.5, 0.6) is 0 Å². The Hall–Kier alpha value is -2.31. The zero-order chi connectivity index (χ0) is 15.1. The van der Waals surface area contributed by atoms with Crippen molar-refractivity contribution in [2.24, 2.45) is 0 Å². The lowest BCUT2D eigenvalue weighted by molar-refractivity contribution is -0.109. The van der Waals surface area contributed by atoms with Gasteiger partial charge in [0.05, 0.1) is 0 Å². The highest BCUT2D eigenvalue weighted by Crippen LogP contribution is 2.13. The lowest BCUT2D eigenvalue weighted by Gasteiger charge is -1.98. The third-order valence-corrected chi connectivity index (χ3v) is 3.68. The highest BCUT2D eigenvalue weighted by molar-refractivity contribution is 8.12. The number of benzene rings is 2. The van der Waals surface area contributed by atoms with Gasteiger partial charge in [0.15, 0.2) is 5.12 Å². The Balaban J connectivity index is 2.04. The van der Waals surface area contributed by atoms with Crippen LogP contribution in [0.15, 0.2) is 48.5 Å². The molecule has 0 saturated carbocycles. The molecule has 0 bridgehead atoms. The molecule has 0 aliphatic rings. The third-order valence-electron chi connectivity index (χ3n) is 2.79. The smallest absolute Gasteiger partial charge is 0.186 e. The van der Waals surface area contributed by atoms with Crippen LogP contribution >= 0.6 is 11.8 Å². The van der Waals surface area contributed by atoms with Crippen molar-refractivity contribution in [2.75, 3.05) is 0 Å². The maximum Gasteiger partial charge on any atom is 0.186 e. The number of carbonyl (C=O) groups is 2. The van der Waals surface area contributed by atoms with Gasteiger partial charge in [-0.25, -0.2) is 0 Å². The van der Waals surface area contributed by atoms with Crippen molar-refractivity contribution in [3.05, 3.63) is 70.8 Å². The van der Waals surface area contributed by atoms with Gasteiger partial charge in [-0.15, -0.1) is 0 Å². The van der Waals surface area contributed by atoms with Crippen molar-refractivity contribution in [2.45, 2.75) is 12.7 Å². The maximum absolute atomic E-state index is 10.9. The van der Waals surface area contributed by atoms with Crippen LogP contribution < -0.4 is 0 Å². The van der Waals surface area contributed by atoms with E-state index < -0.39 is 0 Å². The molecular weight excluding hydrogens is 280 g/mol. The summed E-state index contributed by atoms with van der Waals surface area (Å²) < 4.78 is 0. The molecule has 3 heteroatoms. The molecular formula is C18H14O2S. The van der Waals surface area contributed by atoms with E-state index in [9.17, 15) is 9.59 Å². The van der Waals surface area contributed by atoms with Crippen LogP contribution in [-0.2, 0) is 10.5 Å². The number of aldehydes is 1. The lowest BCUT2D eigenvalue weighted by atomic mass is 10.1. The average Bonchev–Trinajstić information content (AvgIpc) is 2.52. The molecule has 0 amide bonds. The van der Waals surface area contributed by atoms with E-state index in [0.29, 0.717) is 11.3 Å². The summed E-state index contributed by atoms with van der Waals surface area (Å²) in [6, 6.07) is 15.0. The Kier molecular flexibility index (Phi) is 5.36. The molecule has 104 valence electrons. The molecule has 0 N–H and O–H groups in total. The Morgan fingerprint density at radius 1 is 1.00 bits per heavy atom. The van der Waals surface area contributed by atoms with Gasteiger partial charge in [-0.2, -0.15) is 0 Å². The van der Waals surface area contributed by atoms with Crippen LogP contribution in [0.2, 0.25) is 0 Å². The minimum absolute atomic E-state index is 0.123. The fourth-order valence-corrected chi connectivity index (χ4v) is 2.22. The molecule has 2 aromatic carbocycles. The standard InChI is InChI=1S/C18H14O2S/c1-14(20)21-13-18-10-6-16(7-11-18)3-2-15-4-8-17(12-19)9-5-15/h4-12H,13H2,1H3. The minimum Gasteiger partial charge on any atom is -0.298 e. The predicted octanol–water partition coefficient (Wildman–Crippen LogP) is 3.68. The van der Waals surface area contributed by atoms with Crippen LogP contribution in [-0.4, -0.2) is 11.4 Å². The number of carbonyl (C=O) groups excluding carboxylic acids is 2. The first-order valence-electron chi connectivity index (χ1n) is 6.47. The summed E-state index contributed by atoms with van der Waals surface area (Å²) in [5.41, 5.74) is 3.55. The van der Waals surface area contributed by atoms with Gasteiger partial charge in [0, 0.05) is 29.4 Å². The van der Waals surface area contributed by atoms with Crippen LogP contribution in [0.1, 0.15) is 34.0 Å². The average molecular weight is 294 g/mol. The van der Waals surface area contributed by atoms with Crippen LogP contribution in [0.25, 0.3) is 0 Å². The number of hydrogen-bond acceptors (Lipinski definition) is 3. The fourth-order valence-electron chi connectivity index (χ4n) is 1.66. The van der Waals surface area contributed by atoms with Crippen LogP contribution in [0, 0.1) is 11.8 Å². The highest BCUT2D eigenvalue weighted by Gasteiger charge is 1.97. The molecule has 0 aliphatic carbocycles. The van der Waals surface area contributed by atoms with Crippen molar-refractivity contribution in [3.63, 3.8) is 0 Å². The summed E-state index contributed by atoms with van der Waals surface area (Å²) in [4.78, 5) is 21.5. The Bertz CT molecular complexity index is 689. The van der Waals surface area contributed by atoms with Gasteiger partial charge in [-0.05, 0) is 29.8 Å². The number of rotatable bonds is 3. The van der Waals surface area contributed by atoms with E-state index in [0.717, 1.165) is 23.0 Å². The Morgan fingerprint density at radius 2 is 1.52 bits per heavy atom. The lowest BCUT2D eigenvalue weighted by Crippen LogP contribution is -1.86. The number of hydrogen-bond donors (Lipinski definition) is 0. The van der Waals surface area contributed by atoms with E-state index in [1.807, 2.05) is 36.4 Å². The topological polar surface area (TPSA) is 34.1 Å². The maximum atomic E-state index is 10.9. The molecule has 0 fully saturated rings. The second kappa shape index (κ2) is 7.47. The van der Waals surface area contributed by atoms with Crippen molar-refractivity contribution in [3.8, 4) is 11.8 Å². The molecule has 0 heterocycles. The van der Waals surface area contributed by atoms with E-state index in [2.05, 4.69) is 11.8 Å². The second-order valence-electron chi connectivity index (χ2n) is 4.47. The summed E-state index contributed by atoms with van der Waals surface area (Å²) in [7, 11) is 0. The van der Waals surface area contributed by atoms with Gasteiger partial charge in [0.1, 0.15) is 6.29 Å². The normalized spacial score (nSPS) is 9.57. The molecule has 0 saturated heterocycles. The van der Waals surface area contributed by atoms with Gasteiger partial charge >= 0.3 is 0 Å². The molecule has 0 aliphatic heterocycles. The molecule has 2 aromatic rings. The van der Waals surface area contributed by atoms with Crippen LogP contribution in [0.4, 0.5) is 0 Å². The molecule has 0 atom stereocenters. The zero-order valence-electron chi connectivity index (χ0n) is 11.6. The van der Waals surface area contributed by atoms with E-state index in [-0.39, 0.29) is 5.12 Å². The van der Waals surface area contributed by atoms with Gasteiger partial charge in [0.25, 0.3) is 0 Å². The van der Waals surface area contributed by atoms with Crippen molar-refractivity contribution >= 4 is 23.2 Å². The molecule has 0 unspecified atom stereocenters. The third kappa shape index (κ3) is 4.94. The van der Waals surface area contributed by atoms with Crippen molar-refractivity contribution in [1.82, 2.24) is 0 Å². The Morgan fingerprint density at radius 3 is 2.00 bits per heavy atom. The Labute approximate surface area is 128 Å². The quantitative estimate of drug-likeness (QED) is 0.639. The predicted molar refractivity (Wildman–Crippen MR) is 86.2 cm³/mol. The first kappa shape index (κ1) is 15.1. The van der Waals surface area contributed by atoms with E-state index >= 15 is 0 Å². The van der Waals surface area contributed by atoms with Gasteiger partial charge < -0.3 is 0 Å². The van der Waals surface area contributed by atoms with E-state index in [1.54, 1.807) is 19.1 Å². The second-order valence-corrected chi connectivity index (χ2v) is 5.62. The van der Waals surface area contributed by atoms with Crippen LogP contribution in [0.3, 0.4) is 0 Å². The zero-order valence-corrected chi connectivity index (χ0v) is 12.4. The van der Waals surface area contributed by atoms with Gasteiger partial charge in [-0.1, -0.05) is 47.9 Å². The van der Waals surface area contributed by atoms with E-state index in [4.69, 9.17) is 0 Å². The first-order chi connectivity index (χ1) is 10.2. The molecule has 0 spiro atoms. The molecule has 0 aromatic heterocycles. The van der Waals surface area contributed by atoms with Gasteiger partial charge in [-0.3, -0.25) is 9.59 Å². The molecule has 2 nitrogen and oxygen atoms in total. The minimum atomic E-state index is 0.123. The summed E-state index contributed by atoms with van der Waals surface area (Å²) in [6.45, 7) is 1.57. The molecule has 2 rings (SSSR count). The SMILES string of the molecule is CC(=O)SCc1ccc(C#Cc2ccc(C=O)cc2)cc1. The van der Waals surface area contributed by atoms with Gasteiger partial charge in [0.2, 0.25) is 0 Å². The monoisotopic (exact) mass is 294 g/mol. The summed E-state index contributed by atoms with van der Waals surface area (Å²) >= 11 is 1.30. The van der Waals surface area contributed by atoms with Crippen molar-refractivity contribution < 1.29 is 9.59 Å². The highest BCUT2D eigenvalue weighted by atomic mass is 32.2. The summed E-state index contributed by atoms with van der Waals surface area (Å²) in [5, 5.41) is 0.123. The fraction of sp³-hybridized carbons (Fsp3) is 0.111.